The van der Waals surface area contributed by atoms with Crippen molar-refractivity contribution < 1.29 is 14.3 Å². The number of hydrogen-bond acceptors (Lipinski definition) is 9. The Morgan fingerprint density at radius 1 is 1.00 bits per heavy atom. The van der Waals surface area contributed by atoms with Gasteiger partial charge in [-0.25, -0.2) is 15.0 Å². The average Bonchev–Trinajstić information content (AvgIpc) is 3.43. The lowest BCUT2D eigenvalue weighted by Gasteiger charge is -2.16. The Bertz CT molecular complexity index is 1540. The lowest BCUT2D eigenvalue weighted by atomic mass is 10.0. The quantitative estimate of drug-likeness (QED) is 0.350. The molecule has 0 fully saturated rings. The fourth-order valence-corrected chi connectivity index (χ4v) is 5.21. The number of aryl methyl sites for hydroxylation is 2. The predicted molar refractivity (Wildman–Crippen MR) is 139 cm³/mol. The molecule has 0 saturated heterocycles. The van der Waals surface area contributed by atoms with E-state index in [1.807, 2.05) is 6.92 Å². The highest BCUT2D eigenvalue weighted by Gasteiger charge is 2.30. The van der Waals surface area contributed by atoms with Gasteiger partial charge in [-0.3, -0.25) is 24.9 Å². The van der Waals surface area contributed by atoms with Gasteiger partial charge in [-0.05, 0) is 26.0 Å². The molecule has 4 aromatic heterocycles. The number of halogens is 2. The third kappa shape index (κ3) is 4.97. The SMILES string of the molecule is COc1cnc(Cl)cc1-c1cc(C)ncc1C(=O)Nc1nc2c(s1)CN(C(=O)c1nc(Cl)cnc1C)C2. The highest BCUT2D eigenvalue weighted by molar-refractivity contribution is 7.16. The maximum atomic E-state index is 13.3. The van der Waals surface area contributed by atoms with Crippen LogP contribution in [-0.2, 0) is 13.1 Å². The number of thiazole rings is 1. The number of methoxy groups -OCH3 is 1. The normalized spacial score (nSPS) is 12.4. The van der Waals surface area contributed by atoms with Crippen molar-refractivity contribution in [3.05, 3.63) is 74.2 Å². The van der Waals surface area contributed by atoms with Crippen molar-refractivity contribution in [2.45, 2.75) is 26.9 Å². The van der Waals surface area contributed by atoms with Crippen LogP contribution in [0.3, 0.4) is 0 Å². The molecule has 1 aliphatic rings. The Kier molecular flexibility index (Phi) is 6.76. The van der Waals surface area contributed by atoms with Crippen LogP contribution in [0.4, 0.5) is 5.13 Å². The number of rotatable bonds is 5. The number of amides is 2. The smallest absolute Gasteiger partial charge is 0.275 e. The molecule has 5 rings (SSSR count). The summed E-state index contributed by atoms with van der Waals surface area (Å²) in [6, 6.07) is 3.43. The molecule has 0 aliphatic carbocycles. The second-order valence-electron chi connectivity index (χ2n) is 8.21. The predicted octanol–water partition coefficient (Wildman–Crippen LogP) is 4.73. The van der Waals surface area contributed by atoms with Crippen molar-refractivity contribution in [2.75, 3.05) is 12.4 Å². The summed E-state index contributed by atoms with van der Waals surface area (Å²) in [5.74, 6) is -0.187. The number of aromatic nitrogens is 5. The molecule has 0 saturated carbocycles. The van der Waals surface area contributed by atoms with Crippen LogP contribution in [-0.4, -0.2) is 48.7 Å². The van der Waals surface area contributed by atoms with Gasteiger partial charge in [-0.15, -0.1) is 0 Å². The van der Waals surface area contributed by atoms with E-state index in [-0.39, 0.29) is 34.4 Å². The Morgan fingerprint density at radius 3 is 2.57 bits per heavy atom. The average molecular weight is 556 g/mol. The largest absolute Gasteiger partial charge is 0.494 e. The molecule has 0 bridgehead atoms. The van der Waals surface area contributed by atoms with E-state index in [2.05, 4.69) is 30.2 Å². The number of ether oxygens (including phenoxy) is 1. The zero-order valence-corrected chi connectivity index (χ0v) is 22.2. The van der Waals surface area contributed by atoms with Gasteiger partial charge in [0.1, 0.15) is 16.1 Å². The van der Waals surface area contributed by atoms with E-state index in [1.165, 1.54) is 37.0 Å². The second kappa shape index (κ2) is 10.0. The van der Waals surface area contributed by atoms with E-state index in [0.29, 0.717) is 45.5 Å². The van der Waals surface area contributed by atoms with E-state index in [0.717, 1.165) is 10.6 Å². The molecule has 37 heavy (non-hydrogen) atoms. The van der Waals surface area contributed by atoms with Crippen LogP contribution in [0.2, 0.25) is 10.3 Å². The van der Waals surface area contributed by atoms with Crippen LogP contribution in [0.5, 0.6) is 5.75 Å². The summed E-state index contributed by atoms with van der Waals surface area (Å²) in [4.78, 5) is 49.9. The number of carbonyl (C=O) groups excluding carboxylic acids is 2. The van der Waals surface area contributed by atoms with Crippen LogP contribution in [0.15, 0.2) is 30.7 Å². The molecule has 4 aromatic rings. The number of anilines is 1. The van der Waals surface area contributed by atoms with Crippen LogP contribution in [0, 0.1) is 13.8 Å². The summed E-state index contributed by atoms with van der Waals surface area (Å²) in [5.41, 5.74) is 3.69. The minimum absolute atomic E-state index is 0.155. The first-order valence-electron chi connectivity index (χ1n) is 11.0. The molecule has 0 aromatic carbocycles. The summed E-state index contributed by atoms with van der Waals surface area (Å²) in [5, 5.41) is 3.71. The molecule has 0 spiro atoms. The number of fused-ring (bicyclic) bond motifs is 1. The van der Waals surface area contributed by atoms with Crippen molar-refractivity contribution in [3.63, 3.8) is 0 Å². The van der Waals surface area contributed by atoms with Gasteiger partial charge in [-0.1, -0.05) is 34.5 Å². The first kappa shape index (κ1) is 25.0. The Balaban J connectivity index is 1.36. The molecule has 1 aliphatic heterocycles. The van der Waals surface area contributed by atoms with Crippen LogP contribution in [0.25, 0.3) is 11.1 Å². The summed E-state index contributed by atoms with van der Waals surface area (Å²) in [6.45, 7) is 4.17. The number of hydrogen-bond donors (Lipinski definition) is 1. The van der Waals surface area contributed by atoms with E-state index >= 15 is 0 Å². The zero-order chi connectivity index (χ0) is 26.3. The monoisotopic (exact) mass is 555 g/mol. The molecule has 5 heterocycles. The molecule has 10 nitrogen and oxygen atoms in total. The van der Waals surface area contributed by atoms with Gasteiger partial charge >= 0.3 is 0 Å². The molecule has 2 amide bonds. The van der Waals surface area contributed by atoms with E-state index in [1.54, 1.807) is 24.0 Å². The molecular formula is C24H19Cl2N7O3S. The number of pyridine rings is 2. The molecule has 0 atom stereocenters. The fraction of sp³-hybridized carbons (Fsp3) is 0.208. The van der Waals surface area contributed by atoms with Crippen LogP contribution >= 0.6 is 34.5 Å². The van der Waals surface area contributed by atoms with Crippen molar-refractivity contribution in [1.29, 1.82) is 0 Å². The van der Waals surface area contributed by atoms with E-state index in [4.69, 9.17) is 27.9 Å². The first-order valence-corrected chi connectivity index (χ1v) is 12.6. The maximum Gasteiger partial charge on any atom is 0.275 e. The Hall–Kier alpha value is -3.67. The Morgan fingerprint density at radius 2 is 1.81 bits per heavy atom. The van der Waals surface area contributed by atoms with Gasteiger partial charge in [0.2, 0.25) is 0 Å². The Labute approximate surface area is 225 Å². The highest BCUT2D eigenvalue weighted by Crippen LogP contribution is 2.35. The summed E-state index contributed by atoms with van der Waals surface area (Å²) in [7, 11) is 1.52. The van der Waals surface area contributed by atoms with Crippen molar-refractivity contribution in [3.8, 4) is 16.9 Å². The topological polar surface area (TPSA) is 123 Å². The van der Waals surface area contributed by atoms with Gasteiger partial charge in [0.05, 0.1) is 54.4 Å². The molecule has 0 radical (unpaired) electrons. The van der Waals surface area contributed by atoms with E-state index < -0.39 is 0 Å². The van der Waals surface area contributed by atoms with Crippen LogP contribution < -0.4 is 10.1 Å². The number of nitrogens with one attached hydrogen (secondary N) is 1. The van der Waals surface area contributed by atoms with Crippen molar-refractivity contribution >= 4 is 51.5 Å². The third-order valence-electron chi connectivity index (χ3n) is 5.72. The number of carbonyl (C=O) groups is 2. The van der Waals surface area contributed by atoms with Gasteiger partial charge in [-0.2, -0.15) is 0 Å². The first-order chi connectivity index (χ1) is 17.7. The standard InChI is InChI=1S/C24H19Cl2N7O3S/c1-11-4-13(14-5-19(25)29-7-17(14)36-3)15(6-27-11)22(34)32-24-30-16-9-33(10-18(16)37-24)23(35)21-12(2)28-8-20(26)31-21/h4-8H,9-10H2,1-3H3,(H,30,32,34). The summed E-state index contributed by atoms with van der Waals surface area (Å²) in [6.07, 6.45) is 4.41. The van der Waals surface area contributed by atoms with Crippen molar-refractivity contribution in [2.24, 2.45) is 0 Å². The minimum Gasteiger partial charge on any atom is -0.494 e. The van der Waals surface area contributed by atoms with Crippen molar-refractivity contribution in [1.82, 2.24) is 29.8 Å². The zero-order valence-electron chi connectivity index (χ0n) is 19.9. The molecule has 188 valence electrons. The summed E-state index contributed by atoms with van der Waals surface area (Å²) < 4.78 is 5.43. The molecule has 0 unspecified atom stereocenters. The maximum absolute atomic E-state index is 13.3. The third-order valence-corrected chi connectivity index (χ3v) is 7.11. The lowest BCUT2D eigenvalue weighted by Crippen LogP contribution is -2.27. The van der Waals surface area contributed by atoms with Gasteiger partial charge in [0.15, 0.2) is 10.8 Å². The fourth-order valence-electron chi connectivity index (χ4n) is 3.94. The van der Waals surface area contributed by atoms with Crippen LogP contribution in [0.1, 0.15) is 42.8 Å². The molecule has 13 heteroatoms. The second-order valence-corrected chi connectivity index (χ2v) is 10.1. The minimum atomic E-state index is -0.386. The van der Waals surface area contributed by atoms with Gasteiger partial charge in [0.25, 0.3) is 11.8 Å². The van der Waals surface area contributed by atoms with Gasteiger partial charge < -0.3 is 9.64 Å². The lowest BCUT2D eigenvalue weighted by molar-refractivity contribution is 0.0743. The molecular weight excluding hydrogens is 537 g/mol. The van der Waals surface area contributed by atoms with E-state index in [9.17, 15) is 9.59 Å². The molecule has 1 N–H and O–H groups in total. The number of nitrogens with zero attached hydrogens (tertiary/aromatic N) is 6. The highest BCUT2D eigenvalue weighted by atomic mass is 35.5. The van der Waals surface area contributed by atoms with Gasteiger partial charge in [0, 0.05) is 23.0 Å². The summed E-state index contributed by atoms with van der Waals surface area (Å²) >= 11 is 13.4.